The van der Waals surface area contributed by atoms with E-state index in [2.05, 4.69) is 27.3 Å². The molecule has 0 amide bonds. The molecule has 2 aromatic carbocycles. The summed E-state index contributed by atoms with van der Waals surface area (Å²) in [6.45, 7) is 0. The highest BCUT2D eigenvalue weighted by molar-refractivity contribution is 14.1. The summed E-state index contributed by atoms with van der Waals surface area (Å²) in [5, 5.41) is 0.0954. The molecule has 0 atom stereocenters. The molecule has 0 spiro atoms. The Kier molecular flexibility index (Phi) is 4.22. The van der Waals surface area contributed by atoms with Crippen LogP contribution in [0.4, 0.5) is 11.4 Å². The summed E-state index contributed by atoms with van der Waals surface area (Å²) < 4.78 is 27.8. The van der Waals surface area contributed by atoms with Crippen LogP contribution in [-0.4, -0.2) is 8.42 Å². The van der Waals surface area contributed by atoms with Crippen molar-refractivity contribution in [3.63, 3.8) is 0 Å². The number of sulfonamides is 1. The summed E-state index contributed by atoms with van der Waals surface area (Å²) in [5.41, 5.74) is 6.43. The van der Waals surface area contributed by atoms with Crippen molar-refractivity contribution in [3.05, 3.63) is 51.1 Å². The number of benzene rings is 2. The maximum Gasteiger partial charge on any atom is 0.263 e. The van der Waals surface area contributed by atoms with Crippen LogP contribution >= 0.6 is 34.2 Å². The minimum absolute atomic E-state index is 0.00177. The van der Waals surface area contributed by atoms with Gasteiger partial charge < -0.3 is 5.73 Å². The third-order valence-electron chi connectivity index (χ3n) is 2.34. The quantitative estimate of drug-likeness (QED) is 0.604. The Morgan fingerprint density at radius 3 is 2.32 bits per heavy atom. The van der Waals surface area contributed by atoms with Crippen molar-refractivity contribution < 1.29 is 8.42 Å². The monoisotopic (exact) mass is 408 g/mol. The van der Waals surface area contributed by atoms with Crippen LogP contribution in [0.3, 0.4) is 0 Å². The second kappa shape index (κ2) is 5.56. The highest BCUT2D eigenvalue weighted by Crippen LogP contribution is 2.25. The zero-order valence-corrected chi connectivity index (χ0v) is 13.3. The van der Waals surface area contributed by atoms with E-state index in [1.165, 1.54) is 18.2 Å². The van der Waals surface area contributed by atoms with Gasteiger partial charge in [0.15, 0.2) is 0 Å². The second-order valence-electron chi connectivity index (χ2n) is 3.80. The molecule has 4 nitrogen and oxygen atoms in total. The maximum atomic E-state index is 12.2. The first-order valence-corrected chi connectivity index (χ1v) is 8.16. The normalized spacial score (nSPS) is 11.3. The topological polar surface area (TPSA) is 72.2 Å². The predicted molar refractivity (Wildman–Crippen MR) is 85.8 cm³/mol. The SMILES string of the molecule is Nc1ccc(S(=O)(=O)Nc2ccc(I)cc2)c(Cl)c1. The van der Waals surface area contributed by atoms with E-state index >= 15 is 0 Å². The Morgan fingerprint density at radius 1 is 1.11 bits per heavy atom. The second-order valence-corrected chi connectivity index (χ2v) is 7.11. The van der Waals surface area contributed by atoms with Gasteiger partial charge in [0.05, 0.1) is 5.02 Å². The Labute approximate surface area is 130 Å². The summed E-state index contributed by atoms with van der Waals surface area (Å²) in [4.78, 5) is 0.00177. The number of nitrogens with one attached hydrogen (secondary N) is 1. The van der Waals surface area contributed by atoms with Gasteiger partial charge in [-0.15, -0.1) is 0 Å². The first-order valence-electron chi connectivity index (χ1n) is 5.22. The molecule has 0 saturated heterocycles. The highest BCUT2D eigenvalue weighted by Gasteiger charge is 2.17. The number of nitrogen functional groups attached to an aromatic ring is 1. The largest absolute Gasteiger partial charge is 0.399 e. The fraction of sp³-hybridized carbons (Fsp3) is 0. The number of anilines is 2. The molecule has 0 aliphatic carbocycles. The molecule has 0 unspecified atom stereocenters. The highest BCUT2D eigenvalue weighted by atomic mass is 127. The Bertz CT molecular complexity index is 702. The molecular weight excluding hydrogens is 399 g/mol. The van der Waals surface area contributed by atoms with Crippen LogP contribution in [0.2, 0.25) is 5.02 Å². The van der Waals surface area contributed by atoms with Crippen LogP contribution in [0.1, 0.15) is 0 Å². The van der Waals surface area contributed by atoms with E-state index in [0.717, 1.165) is 3.57 Å². The predicted octanol–water partition coefficient (Wildman–Crippen LogP) is 3.33. The van der Waals surface area contributed by atoms with Crippen LogP contribution in [-0.2, 0) is 10.0 Å². The van der Waals surface area contributed by atoms with Gasteiger partial charge in [-0.1, -0.05) is 11.6 Å². The van der Waals surface area contributed by atoms with E-state index in [0.29, 0.717) is 11.4 Å². The average molecular weight is 409 g/mol. The standard InChI is InChI=1S/C12H10ClIN2O2S/c13-11-7-9(15)3-6-12(11)19(17,18)16-10-4-1-8(14)2-5-10/h1-7,16H,15H2. The number of rotatable bonds is 3. The summed E-state index contributed by atoms with van der Waals surface area (Å²) in [7, 11) is -3.71. The lowest BCUT2D eigenvalue weighted by atomic mass is 10.3. The zero-order chi connectivity index (χ0) is 14.0. The Hall–Kier alpha value is -0.990. The molecule has 0 heterocycles. The molecule has 0 saturated carbocycles. The van der Waals surface area contributed by atoms with Gasteiger partial charge in [0, 0.05) is 14.9 Å². The molecule has 0 aliphatic heterocycles. The van der Waals surface area contributed by atoms with Crippen LogP contribution in [0, 0.1) is 3.57 Å². The summed E-state index contributed by atoms with van der Waals surface area (Å²) in [6, 6.07) is 11.3. The molecule has 0 aliphatic rings. The summed E-state index contributed by atoms with van der Waals surface area (Å²) >= 11 is 8.05. The maximum absolute atomic E-state index is 12.2. The van der Waals surface area contributed by atoms with E-state index < -0.39 is 10.0 Å². The molecule has 100 valence electrons. The van der Waals surface area contributed by atoms with Gasteiger partial charge in [0.25, 0.3) is 10.0 Å². The minimum atomic E-state index is -3.71. The van der Waals surface area contributed by atoms with Crippen molar-refractivity contribution in [1.29, 1.82) is 0 Å². The van der Waals surface area contributed by atoms with E-state index in [1.54, 1.807) is 12.1 Å². The van der Waals surface area contributed by atoms with Gasteiger partial charge in [-0.3, -0.25) is 4.72 Å². The van der Waals surface area contributed by atoms with Crippen molar-refractivity contribution in [3.8, 4) is 0 Å². The van der Waals surface area contributed by atoms with Crippen LogP contribution in [0.5, 0.6) is 0 Å². The average Bonchev–Trinajstić information content (AvgIpc) is 2.31. The zero-order valence-electron chi connectivity index (χ0n) is 9.60. The van der Waals surface area contributed by atoms with Crippen molar-refractivity contribution in [2.24, 2.45) is 0 Å². The third-order valence-corrected chi connectivity index (χ3v) is 4.93. The lowest BCUT2D eigenvalue weighted by Gasteiger charge is -2.10. The fourth-order valence-electron chi connectivity index (χ4n) is 1.46. The Morgan fingerprint density at radius 2 is 1.74 bits per heavy atom. The molecule has 7 heteroatoms. The van der Waals surface area contributed by atoms with Crippen molar-refractivity contribution >= 4 is 55.6 Å². The molecule has 0 aromatic heterocycles. The number of halogens is 2. The van der Waals surface area contributed by atoms with Gasteiger partial charge in [-0.05, 0) is 65.1 Å². The molecule has 19 heavy (non-hydrogen) atoms. The molecule has 0 bridgehead atoms. The van der Waals surface area contributed by atoms with E-state index in [-0.39, 0.29) is 9.92 Å². The molecule has 2 aromatic rings. The number of hydrogen-bond donors (Lipinski definition) is 2. The summed E-state index contributed by atoms with van der Waals surface area (Å²) in [6.07, 6.45) is 0. The van der Waals surface area contributed by atoms with Gasteiger partial charge in [0.2, 0.25) is 0 Å². The molecule has 3 N–H and O–H groups in total. The smallest absolute Gasteiger partial charge is 0.263 e. The molecule has 2 rings (SSSR count). The number of hydrogen-bond acceptors (Lipinski definition) is 3. The van der Waals surface area contributed by atoms with Crippen molar-refractivity contribution in [2.45, 2.75) is 4.90 Å². The van der Waals surface area contributed by atoms with Gasteiger partial charge in [0.1, 0.15) is 4.90 Å². The van der Waals surface area contributed by atoms with Crippen molar-refractivity contribution in [1.82, 2.24) is 0 Å². The first-order chi connectivity index (χ1) is 8.88. The third kappa shape index (κ3) is 3.52. The fourth-order valence-corrected chi connectivity index (χ4v) is 3.44. The van der Waals surface area contributed by atoms with Crippen LogP contribution in [0.25, 0.3) is 0 Å². The first kappa shape index (κ1) is 14.4. The Balaban J connectivity index is 2.35. The van der Waals surface area contributed by atoms with Gasteiger partial charge >= 0.3 is 0 Å². The van der Waals surface area contributed by atoms with E-state index in [9.17, 15) is 8.42 Å². The summed E-state index contributed by atoms with van der Waals surface area (Å²) in [5.74, 6) is 0. The van der Waals surface area contributed by atoms with Gasteiger partial charge in [-0.25, -0.2) is 8.42 Å². The van der Waals surface area contributed by atoms with E-state index in [1.807, 2.05) is 12.1 Å². The molecule has 0 radical (unpaired) electrons. The molecule has 0 fully saturated rings. The lowest BCUT2D eigenvalue weighted by Crippen LogP contribution is -2.13. The minimum Gasteiger partial charge on any atom is -0.399 e. The lowest BCUT2D eigenvalue weighted by molar-refractivity contribution is 0.601. The van der Waals surface area contributed by atoms with Gasteiger partial charge in [-0.2, -0.15) is 0 Å². The van der Waals surface area contributed by atoms with Crippen molar-refractivity contribution in [2.75, 3.05) is 10.5 Å². The van der Waals surface area contributed by atoms with Crippen LogP contribution < -0.4 is 10.5 Å². The molecular formula is C12H10ClIN2O2S. The number of nitrogens with two attached hydrogens (primary N) is 1. The van der Waals surface area contributed by atoms with E-state index in [4.69, 9.17) is 17.3 Å². The van der Waals surface area contributed by atoms with Crippen LogP contribution in [0.15, 0.2) is 47.4 Å².